The van der Waals surface area contributed by atoms with E-state index in [9.17, 15) is 4.79 Å². The molecule has 1 aliphatic heterocycles. The Morgan fingerprint density at radius 3 is 2.55 bits per heavy atom. The molecule has 5 rings (SSSR count). The van der Waals surface area contributed by atoms with E-state index in [1.807, 2.05) is 32.2 Å². The maximum absolute atomic E-state index is 13.3. The van der Waals surface area contributed by atoms with Crippen molar-refractivity contribution in [2.24, 2.45) is 7.05 Å². The molecule has 8 nitrogen and oxygen atoms in total. The van der Waals surface area contributed by atoms with Gasteiger partial charge in [-0.3, -0.25) is 9.48 Å². The highest BCUT2D eigenvalue weighted by atomic mass is 16.3. The van der Waals surface area contributed by atoms with Gasteiger partial charge in [-0.25, -0.2) is 4.98 Å². The van der Waals surface area contributed by atoms with Crippen molar-refractivity contribution in [1.82, 2.24) is 19.7 Å². The third kappa shape index (κ3) is 4.09. The number of hydrogen-bond acceptors (Lipinski definition) is 6. The number of nitrogens with one attached hydrogen (secondary N) is 1. The lowest BCUT2D eigenvalue weighted by atomic mass is 10.1. The van der Waals surface area contributed by atoms with Crippen molar-refractivity contribution in [2.45, 2.75) is 13.8 Å². The molecule has 1 amide bonds. The normalized spacial score (nSPS) is 14.7. The molecular weight excluding hydrogens is 416 g/mol. The van der Waals surface area contributed by atoms with Crippen molar-refractivity contribution in [3.8, 4) is 11.5 Å². The van der Waals surface area contributed by atoms with Crippen molar-refractivity contribution < 1.29 is 9.21 Å². The fraction of sp³-hybridized carbons (Fsp3) is 0.320. The van der Waals surface area contributed by atoms with E-state index in [0.29, 0.717) is 22.7 Å². The van der Waals surface area contributed by atoms with Crippen LogP contribution in [0.25, 0.3) is 22.5 Å². The summed E-state index contributed by atoms with van der Waals surface area (Å²) in [6, 6.07) is 13.5. The minimum absolute atomic E-state index is 0.199. The first-order chi connectivity index (χ1) is 16.0. The molecule has 1 saturated heterocycles. The van der Waals surface area contributed by atoms with Gasteiger partial charge in [0.05, 0.1) is 22.9 Å². The molecule has 170 valence electrons. The Hall–Kier alpha value is -3.65. The van der Waals surface area contributed by atoms with Gasteiger partial charge in [0.15, 0.2) is 11.4 Å². The number of aryl methyl sites for hydroxylation is 2. The zero-order chi connectivity index (χ0) is 22.9. The number of furan rings is 1. The Morgan fingerprint density at radius 2 is 1.88 bits per heavy atom. The van der Waals surface area contributed by atoms with Crippen LogP contribution in [-0.2, 0) is 7.05 Å². The molecule has 0 saturated carbocycles. The number of aromatic nitrogens is 3. The summed E-state index contributed by atoms with van der Waals surface area (Å²) in [6.45, 7) is 9.38. The van der Waals surface area contributed by atoms with Crippen molar-refractivity contribution in [2.75, 3.05) is 42.9 Å². The topological polar surface area (TPSA) is 79.4 Å². The first-order valence-corrected chi connectivity index (χ1v) is 11.3. The molecule has 4 aromatic rings. The fourth-order valence-corrected chi connectivity index (χ4v) is 4.45. The molecule has 4 heterocycles. The molecule has 8 heteroatoms. The minimum Gasteiger partial charge on any atom is -0.463 e. The van der Waals surface area contributed by atoms with Gasteiger partial charge in [0.25, 0.3) is 5.91 Å². The maximum Gasteiger partial charge on any atom is 0.256 e. The zero-order valence-corrected chi connectivity index (χ0v) is 19.2. The molecule has 0 radical (unpaired) electrons. The third-order valence-corrected chi connectivity index (χ3v) is 6.30. The predicted molar refractivity (Wildman–Crippen MR) is 130 cm³/mol. The van der Waals surface area contributed by atoms with Gasteiger partial charge in [-0.2, -0.15) is 5.10 Å². The van der Waals surface area contributed by atoms with Crippen LogP contribution in [0, 0.1) is 6.92 Å². The molecule has 1 N–H and O–H groups in total. The Labute approximate surface area is 192 Å². The first kappa shape index (κ1) is 21.2. The predicted octanol–water partition coefficient (Wildman–Crippen LogP) is 3.93. The molecule has 0 bridgehead atoms. The molecule has 33 heavy (non-hydrogen) atoms. The number of piperazine rings is 1. The highest BCUT2D eigenvalue weighted by Gasteiger charge is 2.21. The van der Waals surface area contributed by atoms with Crippen molar-refractivity contribution in [3.05, 3.63) is 60.0 Å². The van der Waals surface area contributed by atoms with E-state index in [4.69, 9.17) is 4.42 Å². The van der Waals surface area contributed by atoms with Crippen LogP contribution in [-0.4, -0.2) is 58.3 Å². The van der Waals surface area contributed by atoms with Crippen molar-refractivity contribution in [1.29, 1.82) is 0 Å². The lowest BCUT2D eigenvalue weighted by Crippen LogP contribution is -2.46. The van der Waals surface area contributed by atoms with Crippen LogP contribution in [0.5, 0.6) is 0 Å². The Bertz CT molecular complexity index is 1270. The lowest BCUT2D eigenvalue weighted by Gasteiger charge is -2.35. The van der Waals surface area contributed by atoms with Crippen LogP contribution in [0.4, 0.5) is 11.4 Å². The van der Waals surface area contributed by atoms with Crippen molar-refractivity contribution in [3.63, 3.8) is 0 Å². The van der Waals surface area contributed by atoms with Gasteiger partial charge in [0.2, 0.25) is 0 Å². The number of anilines is 2. The number of likely N-dealkylation sites (N-methyl/N-ethyl adjacent to an activating group) is 1. The largest absolute Gasteiger partial charge is 0.463 e. The van der Waals surface area contributed by atoms with Gasteiger partial charge < -0.3 is 19.5 Å². The van der Waals surface area contributed by atoms with E-state index in [2.05, 4.69) is 44.3 Å². The summed E-state index contributed by atoms with van der Waals surface area (Å²) < 4.78 is 7.22. The molecule has 1 aromatic carbocycles. The number of rotatable bonds is 5. The van der Waals surface area contributed by atoms with E-state index in [-0.39, 0.29) is 5.91 Å². The summed E-state index contributed by atoms with van der Waals surface area (Å²) >= 11 is 0. The summed E-state index contributed by atoms with van der Waals surface area (Å²) in [5.74, 6) is 0.410. The highest BCUT2D eigenvalue weighted by molar-refractivity contribution is 6.13. The average Bonchev–Trinajstić information content (AvgIpc) is 3.48. The van der Waals surface area contributed by atoms with Gasteiger partial charge in [-0.15, -0.1) is 0 Å². The first-order valence-electron chi connectivity index (χ1n) is 11.3. The SMILES string of the molecule is CCN1CCN(c2ccc(NC(=O)c3cc(-c4ccco4)nc4c3c(C)nn4C)cc2)CC1. The number of carbonyl (C=O) groups is 1. The van der Waals surface area contributed by atoms with Crippen molar-refractivity contribution >= 4 is 28.3 Å². The number of pyridine rings is 1. The fourth-order valence-electron chi connectivity index (χ4n) is 4.45. The Balaban J connectivity index is 1.40. The summed E-state index contributed by atoms with van der Waals surface area (Å²) in [6.07, 6.45) is 1.60. The maximum atomic E-state index is 13.3. The summed E-state index contributed by atoms with van der Waals surface area (Å²) in [7, 11) is 1.83. The second kappa shape index (κ2) is 8.71. The molecule has 0 spiro atoms. The van der Waals surface area contributed by atoms with Gasteiger partial charge in [0.1, 0.15) is 5.69 Å². The van der Waals surface area contributed by atoms with Gasteiger partial charge in [-0.1, -0.05) is 6.92 Å². The van der Waals surface area contributed by atoms with E-state index in [1.54, 1.807) is 23.1 Å². The number of carbonyl (C=O) groups excluding carboxylic acids is 1. The summed E-state index contributed by atoms with van der Waals surface area (Å²) in [5, 5.41) is 8.26. The number of fused-ring (bicyclic) bond motifs is 1. The molecule has 0 atom stereocenters. The number of hydrogen-bond donors (Lipinski definition) is 1. The lowest BCUT2D eigenvalue weighted by molar-refractivity contribution is 0.102. The smallest absolute Gasteiger partial charge is 0.256 e. The third-order valence-electron chi connectivity index (χ3n) is 6.30. The Morgan fingerprint density at radius 1 is 1.12 bits per heavy atom. The quantitative estimate of drug-likeness (QED) is 0.502. The number of nitrogens with zero attached hydrogens (tertiary/aromatic N) is 5. The van der Waals surface area contributed by atoms with Crippen LogP contribution in [0.3, 0.4) is 0 Å². The van der Waals surface area contributed by atoms with E-state index in [1.165, 1.54) is 5.69 Å². The molecule has 0 aliphatic carbocycles. The second-order valence-corrected chi connectivity index (χ2v) is 8.36. The van der Waals surface area contributed by atoms with Crippen LogP contribution in [0.15, 0.2) is 53.1 Å². The minimum atomic E-state index is -0.199. The molecule has 0 unspecified atom stereocenters. The molecular formula is C25H28N6O2. The van der Waals surface area contributed by atoms with E-state index in [0.717, 1.165) is 49.5 Å². The second-order valence-electron chi connectivity index (χ2n) is 8.36. The molecule has 3 aromatic heterocycles. The summed E-state index contributed by atoms with van der Waals surface area (Å²) in [5.41, 5.74) is 4.46. The number of benzene rings is 1. The van der Waals surface area contributed by atoms with E-state index < -0.39 is 0 Å². The monoisotopic (exact) mass is 444 g/mol. The zero-order valence-electron chi connectivity index (χ0n) is 19.2. The van der Waals surface area contributed by atoms with E-state index >= 15 is 0 Å². The van der Waals surface area contributed by atoms with Crippen LogP contribution < -0.4 is 10.2 Å². The Kier molecular flexibility index (Phi) is 5.60. The molecule has 1 fully saturated rings. The standard InChI is InChI=1S/C25H28N6O2/c1-4-30-11-13-31(14-12-30)19-9-7-18(8-10-19)26-25(32)20-16-21(22-6-5-15-33-22)27-24-23(20)17(2)28-29(24)3/h5-10,15-16H,4,11-14H2,1-3H3,(H,26,32). The summed E-state index contributed by atoms with van der Waals surface area (Å²) in [4.78, 5) is 22.9. The van der Waals surface area contributed by atoms with Gasteiger partial charge in [-0.05, 0) is 55.9 Å². The highest BCUT2D eigenvalue weighted by Crippen LogP contribution is 2.28. The number of amides is 1. The van der Waals surface area contributed by atoms with Crippen LogP contribution in [0.2, 0.25) is 0 Å². The van der Waals surface area contributed by atoms with Crippen LogP contribution in [0.1, 0.15) is 23.0 Å². The average molecular weight is 445 g/mol. The molecule has 1 aliphatic rings. The van der Waals surface area contributed by atoms with Gasteiger partial charge >= 0.3 is 0 Å². The van der Waals surface area contributed by atoms with Crippen LogP contribution >= 0.6 is 0 Å². The van der Waals surface area contributed by atoms with Gasteiger partial charge in [0, 0.05) is 44.6 Å².